The van der Waals surface area contributed by atoms with Crippen LogP contribution in [0.4, 0.5) is 5.82 Å². The maximum atomic E-state index is 8.68. The molecule has 19 heavy (non-hydrogen) atoms. The van der Waals surface area contributed by atoms with Crippen LogP contribution in [0.3, 0.4) is 0 Å². The molecule has 7 heteroatoms. The van der Waals surface area contributed by atoms with E-state index in [2.05, 4.69) is 15.1 Å². The second kappa shape index (κ2) is 5.38. The van der Waals surface area contributed by atoms with Crippen LogP contribution in [0, 0.1) is 0 Å². The van der Waals surface area contributed by atoms with Gasteiger partial charge in [0.1, 0.15) is 11.6 Å². The van der Waals surface area contributed by atoms with Crippen LogP contribution in [-0.4, -0.2) is 32.6 Å². The van der Waals surface area contributed by atoms with E-state index in [0.717, 1.165) is 11.6 Å². The molecular weight excluding hydrogens is 244 g/mol. The normalized spacial score (nSPS) is 11.6. The fourth-order valence-corrected chi connectivity index (χ4v) is 1.69. The molecule has 2 aromatic heterocycles. The van der Waals surface area contributed by atoms with Crippen LogP contribution < -0.4 is 10.6 Å². The molecule has 0 aliphatic rings. The van der Waals surface area contributed by atoms with Gasteiger partial charge in [0.25, 0.3) is 0 Å². The standard InChI is InChI=1S/C12H16N6O/c1-17-6-5-15-11(17)8-18(2)10-7-9(3-4-14-10)12(13)16-19/h3-7,19H,8H2,1-2H3,(H2,13,16). The van der Waals surface area contributed by atoms with Crippen molar-refractivity contribution >= 4 is 11.7 Å². The van der Waals surface area contributed by atoms with E-state index in [1.54, 1.807) is 24.5 Å². The van der Waals surface area contributed by atoms with E-state index in [9.17, 15) is 0 Å². The van der Waals surface area contributed by atoms with Crippen molar-refractivity contribution in [2.45, 2.75) is 6.54 Å². The second-order valence-electron chi connectivity index (χ2n) is 4.20. The van der Waals surface area contributed by atoms with Crippen LogP contribution in [0.5, 0.6) is 0 Å². The number of oxime groups is 1. The number of nitrogens with two attached hydrogens (primary N) is 1. The molecular formula is C12H16N6O. The zero-order valence-corrected chi connectivity index (χ0v) is 10.9. The minimum atomic E-state index is 0.0639. The molecule has 0 unspecified atom stereocenters. The quantitative estimate of drug-likeness (QED) is 0.362. The first-order valence-corrected chi connectivity index (χ1v) is 5.73. The van der Waals surface area contributed by atoms with Gasteiger partial charge in [-0.05, 0) is 12.1 Å². The van der Waals surface area contributed by atoms with Crippen LogP contribution in [0.2, 0.25) is 0 Å². The Labute approximate surface area is 111 Å². The number of pyridine rings is 1. The zero-order valence-electron chi connectivity index (χ0n) is 10.9. The summed E-state index contributed by atoms with van der Waals surface area (Å²) in [5.74, 6) is 1.72. The van der Waals surface area contributed by atoms with Crippen LogP contribution in [-0.2, 0) is 13.6 Å². The fourth-order valence-electron chi connectivity index (χ4n) is 1.69. The van der Waals surface area contributed by atoms with Gasteiger partial charge < -0.3 is 20.4 Å². The van der Waals surface area contributed by atoms with Crippen molar-refractivity contribution in [1.82, 2.24) is 14.5 Å². The third-order valence-electron chi connectivity index (χ3n) is 2.84. The minimum absolute atomic E-state index is 0.0639. The van der Waals surface area contributed by atoms with Gasteiger partial charge in [0.15, 0.2) is 5.84 Å². The highest BCUT2D eigenvalue weighted by Crippen LogP contribution is 2.13. The summed E-state index contributed by atoms with van der Waals surface area (Å²) in [7, 11) is 3.85. The third-order valence-corrected chi connectivity index (χ3v) is 2.84. The molecule has 100 valence electrons. The van der Waals surface area contributed by atoms with Crippen LogP contribution in [0.25, 0.3) is 0 Å². The summed E-state index contributed by atoms with van der Waals surface area (Å²) in [4.78, 5) is 10.5. The molecule has 0 spiro atoms. The summed E-state index contributed by atoms with van der Waals surface area (Å²) >= 11 is 0. The number of amidine groups is 1. The van der Waals surface area contributed by atoms with Gasteiger partial charge in [-0.3, -0.25) is 0 Å². The minimum Gasteiger partial charge on any atom is -0.409 e. The molecule has 0 radical (unpaired) electrons. The zero-order chi connectivity index (χ0) is 13.8. The average molecular weight is 260 g/mol. The Morgan fingerprint density at radius 3 is 2.89 bits per heavy atom. The van der Waals surface area contributed by atoms with E-state index in [0.29, 0.717) is 12.1 Å². The molecule has 0 atom stereocenters. The second-order valence-corrected chi connectivity index (χ2v) is 4.20. The molecule has 0 aliphatic carbocycles. The van der Waals surface area contributed by atoms with Gasteiger partial charge in [0.05, 0.1) is 6.54 Å². The first-order chi connectivity index (χ1) is 9.11. The topological polar surface area (TPSA) is 92.6 Å². The van der Waals surface area contributed by atoms with E-state index in [1.807, 2.05) is 29.8 Å². The van der Waals surface area contributed by atoms with E-state index >= 15 is 0 Å². The van der Waals surface area contributed by atoms with Gasteiger partial charge in [-0.15, -0.1) is 0 Å². The molecule has 0 saturated heterocycles. The highest BCUT2D eigenvalue weighted by Gasteiger charge is 2.08. The molecule has 2 aromatic rings. The lowest BCUT2D eigenvalue weighted by Gasteiger charge is -2.18. The SMILES string of the molecule is CN(Cc1nccn1C)c1cc(C(N)=NO)ccn1. The van der Waals surface area contributed by atoms with Gasteiger partial charge in [-0.1, -0.05) is 5.16 Å². The Morgan fingerprint density at radius 1 is 1.47 bits per heavy atom. The summed E-state index contributed by atoms with van der Waals surface area (Å²) < 4.78 is 1.95. The number of hydrogen-bond acceptors (Lipinski definition) is 5. The number of rotatable bonds is 4. The molecule has 0 bridgehead atoms. The summed E-state index contributed by atoms with van der Waals surface area (Å²) in [5, 5.41) is 11.7. The lowest BCUT2D eigenvalue weighted by Crippen LogP contribution is -2.21. The predicted molar refractivity (Wildman–Crippen MR) is 72.1 cm³/mol. The summed E-state index contributed by atoms with van der Waals surface area (Å²) in [6, 6.07) is 3.45. The van der Waals surface area contributed by atoms with Crippen molar-refractivity contribution in [1.29, 1.82) is 0 Å². The number of imidazole rings is 1. The van der Waals surface area contributed by atoms with E-state index in [-0.39, 0.29) is 5.84 Å². The number of anilines is 1. The van der Waals surface area contributed by atoms with Gasteiger partial charge in [0, 0.05) is 38.2 Å². The monoisotopic (exact) mass is 260 g/mol. The summed E-state index contributed by atoms with van der Waals surface area (Å²) in [6.07, 6.45) is 5.27. The van der Waals surface area contributed by atoms with Gasteiger partial charge in [-0.2, -0.15) is 0 Å². The lowest BCUT2D eigenvalue weighted by atomic mass is 10.2. The van der Waals surface area contributed by atoms with Crippen molar-refractivity contribution in [3.05, 3.63) is 42.1 Å². The van der Waals surface area contributed by atoms with Crippen LogP contribution >= 0.6 is 0 Å². The highest BCUT2D eigenvalue weighted by molar-refractivity contribution is 5.97. The Bertz CT molecular complexity index is 591. The third kappa shape index (κ3) is 2.82. The maximum Gasteiger partial charge on any atom is 0.170 e. The lowest BCUT2D eigenvalue weighted by molar-refractivity contribution is 0.318. The molecule has 0 aliphatic heterocycles. The number of aromatic nitrogens is 3. The Hall–Kier alpha value is -2.57. The van der Waals surface area contributed by atoms with Crippen molar-refractivity contribution < 1.29 is 5.21 Å². The molecule has 2 heterocycles. The molecule has 2 rings (SSSR count). The Kier molecular flexibility index (Phi) is 3.65. The highest BCUT2D eigenvalue weighted by atomic mass is 16.4. The predicted octanol–water partition coefficient (Wildman–Crippen LogP) is 0.546. The van der Waals surface area contributed by atoms with Gasteiger partial charge in [0.2, 0.25) is 0 Å². The summed E-state index contributed by atoms with van der Waals surface area (Å²) in [5.41, 5.74) is 6.18. The molecule has 7 nitrogen and oxygen atoms in total. The smallest absolute Gasteiger partial charge is 0.170 e. The van der Waals surface area contributed by atoms with E-state index in [1.165, 1.54) is 0 Å². The van der Waals surface area contributed by atoms with Crippen LogP contribution in [0.1, 0.15) is 11.4 Å². The largest absolute Gasteiger partial charge is 0.409 e. The number of hydrogen-bond donors (Lipinski definition) is 2. The Balaban J connectivity index is 2.20. The molecule has 0 aromatic carbocycles. The van der Waals surface area contributed by atoms with E-state index in [4.69, 9.17) is 10.9 Å². The maximum absolute atomic E-state index is 8.68. The van der Waals surface area contributed by atoms with Gasteiger partial charge >= 0.3 is 0 Å². The van der Waals surface area contributed by atoms with Crippen molar-refractivity contribution in [3.8, 4) is 0 Å². The first-order valence-electron chi connectivity index (χ1n) is 5.73. The average Bonchev–Trinajstić information content (AvgIpc) is 2.83. The molecule has 0 amide bonds. The molecule has 0 fully saturated rings. The molecule has 3 N–H and O–H groups in total. The first kappa shape index (κ1) is 12.9. The Morgan fingerprint density at radius 2 is 2.26 bits per heavy atom. The molecule has 0 saturated carbocycles. The van der Waals surface area contributed by atoms with Gasteiger partial charge in [-0.25, -0.2) is 9.97 Å². The van der Waals surface area contributed by atoms with Crippen molar-refractivity contribution in [3.63, 3.8) is 0 Å². The summed E-state index contributed by atoms with van der Waals surface area (Å²) in [6.45, 7) is 0.621. The number of aryl methyl sites for hydroxylation is 1. The van der Waals surface area contributed by atoms with Crippen molar-refractivity contribution in [2.75, 3.05) is 11.9 Å². The van der Waals surface area contributed by atoms with Crippen LogP contribution in [0.15, 0.2) is 35.9 Å². The number of nitrogens with zero attached hydrogens (tertiary/aromatic N) is 5. The van der Waals surface area contributed by atoms with E-state index < -0.39 is 0 Å². The fraction of sp³-hybridized carbons (Fsp3) is 0.250. The van der Waals surface area contributed by atoms with Crippen molar-refractivity contribution in [2.24, 2.45) is 17.9 Å².